The average Bonchev–Trinajstić information content (AvgIpc) is 3.51. The standard InChI is InChI=1S/C24H25N3O5S/c1-15(22(28)25-12-16-8-9-20-21(11-16)32-14-31-20)33-24-26-19-7-3-2-6-18(19)23(29)27(24)13-17-5-4-10-30-17/h2-3,6-9,11,15,17H,4-5,10,12-14H2,1H3,(H,25,28)/t15-,17-/m1/s1. The number of benzene rings is 2. The Morgan fingerprint density at radius 3 is 2.94 bits per heavy atom. The Bertz CT molecular complexity index is 1240. The lowest BCUT2D eigenvalue weighted by Gasteiger charge is -2.18. The van der Waals surface area contributed by atoms with Gasteiger partial charge in [-0.05, 0) is 49.6 Å². The molecule has 0 unspecified atom stereocenters. The molecule has 1 aromatic heterocycles. The van der Waals surface area contributed by atoms with Crippen molar-refractivity contribution < 1.29 is 19.0 Å². The maximum Gasteiger partial charge on any atom is 0.262 e. The molecule has 3 heterocycles. The van der Waals surface area contributed by atoms with E-state index in [1.807, 2.05) is 43.3 Å². The Kier molecular flexibility index (Phi) is 6.24. The topological polar surface area (TPSA) is 91.7 Å². The maximum absolute atomic E-state index is 13.2. The minimum atomic E-state index is -0.442. The number of amides is 1. The fourth-order valence-electron chi connectivity index (χ4n) is 3.99. The van der Waals surface area contributed by atoms with Crippen LogP contribution in [0.3, 0.4) is 0 Å². The summed E-state index contributed by atoms with van der Waals surface area (Å²) < 4.78 is 18.1. The van der Waals surface area contributed by atoms with E-state index in [4.69, 9.17) is 19.2 Å². The van der Waals surface area contributed by atoms with Gasteiger partial charge in [-0.2, -0.15) is 0 Å². The van der Waals surface area contributed by atoms with Crippen molar-refractivity contribution in [1.29, 1.82) is 0 Å². The third-order valence-corrected chi connectivity index (χ3v) is 6.88. The van der Waals surface area contributed by atoms with E-state index < -0.39 is 5.25 Å². The summed E-state index contributed by atoms with van der Waals surface area (Å²) in [5, 5.41) is 3.61. The molecule has 8 nitrogen and oxygen atoms in total. The highest BCUT2D eigenvalue weighted by molar-refractivity contribution is 8.00. The molecule has 5 rings (SSSR count). The van der Waals surface area contributed by atoms with E-state index in [0.29, 0.717) is 47.3 Å². The predicted molar refractivity (Wildman–Crippen MR) is 125 cm³/mol. The normalized spacial score (nSPS) is 17.9. The van der Waals surface area contributed by atoms with Gasteiger partial charge in [0, 0.05) is 13.2 Å². The molecule has 1 amide bonds. The van der Waals surface area contributed by atoms with Gasteiger partial charge in [0.1, 0.15) is 0 Å². The van der Waals surface area contributed by atoms with E-state index in [0.717, 1.165) is 18.4 Å². The van der Waals surface area contributed by atoms with E-state index in [9.17, 15) is 9.59 Å². The number of ether oxygens (including phenoxy) is 3. The Balaban J connectivity index is 1.32. The SMILES string of the molecule is C[C@@H](Sc1nc2ccccc2c(=O)n1C[C@H]1CCCO1)C(=O)NCc1ccc2c(c1)OCO2. The Labute approximate surface area is 195 Å². The number of carbonyl (C=O) groups is 1. The molecule has 3 aromatic rings. The smallest absolute Gasteiger partial charge is 0.262 e. The third kappa shape index (κ3) is 4.69. The van der Waals surface area contributed by atoms with Crippen LogP contribution in [0.25, 0.3) is 10.9 Å². The van der Waals surface area contributed by atoms with Crippen molar-refractivity contribution in [2.75, 3.05) is 13.4 Å². The van der Waals surface area contributed by atoms with Crippen LogP contribution in [0.5, 0.6) is 11.5 Å². The Hall–Kier alpha value is -3.04. The average molecular weight is 468 g/mol. The lowest BCUT2D eigenvalue weighted by atomic mass is 10.2. The van der Waals surface area contributed by atoms with Gasteiger partial charge in [-0.3, -0.25) is 14.2 Å². The number of aromatic nitrogens is 2. The highest BCUT2D eigenvalue weighted by atomic mass is 32.2. The zero-order valence-electron chi connectivity index (χ0n) is 18.3. The number of rotatable bonds is 7. The van der Waals surface area contributed by atoms with E-state index in [1.54, 1.807) is 10.6 Å². The molecular weight excluding hydrogens is 442 g/mol. The quantitative estimate of drug-likeness (QED) is 0.422. The van der Waals surface area contributed by atoms with Gasteiger partial charge in [0.25, 0.3) is 5.56 Å². The van der Waals surface area contributed by atoms with Crippen molar-refractivity contribution in [3.63, 3.8) is 0 Å². The van der Waals surface area contributed by atoms with Crippen LogP contribution < -0.4 is 20.3 Å². The first kappa shape index (κ1) is 21.8. The van der Waals surface area contributed by atoms with Gasteiger partial charge in [-0.25, -0.2) is 4.98 Å². The van der Waals surface area contributed by atoms with Crippen molar-refractivity contribution in [1.82, 2.24) is 14.9 Å². The van der Waals surface area contributed by atoms with E-state index in [-0.39, 0.29) is 24.4 Å². The summed E-state index contributed by atoms with van der Waals surface area (Å²) in [4.78, 5) is 30.8. The molecule has 2 aliphatic rings. The number of carbonyl (C=O) groups excluding carboxylic acids is 1. The summed E-state index contributed by atoms with van der Waals surface area (Å²) in [5.74, 6) is 1.26. The van der Waals surface area contributed by atoms with Crippen LogP contribution in [0.2, 0.25) is 0 Å². The zero-order valence-corrected chi connectivity index (χ0v) is 19.1. The molecule has 0 aliphatic carbocycles. The third-order valence-electron chi connectivity index (χ3n) is 5.79. The molecular formula is C24H25N3O5S. The monoisotopic (exact) mass is 467 g/mol. The van der Waals surface area contributed by atoms with Crippen molar-refractivity contribution in [2.24, 2.45) is 0 Å². The van der Waals surface area contributed by atoms with Gasteiger partial charge in [0.05, 0.1) is 28.8 Å². The minimum Gasteiger partial charge on any atom is -0.454 e. The molecule has 2 atom stereocenters. The molecule has 2 aliphatic heterocycles. The first-order chi connectivity index (χ1) is 16.1. The van der Waals surface area contributed by atoms with Crippen molar-refractivity contribution >= 4 is 28.6 Å². The second-order valence-electron chi connectivity index (χ2n) is 8.13. The molecule has 9 heteroatoms. The van der Waals surface area contributed by atoms with E-state index in [2.05, 4.69) is 5.32 Å². The van der Waals surface area contributed by atoms with Crippen LogP contribution in [-0.4, -0.2) is 40.2 Å². The summed E-state index contributed by atoms with van der Waals surface area (Å²) in [6, 6.07) is 12.9. The molecule has 33 heavy (non-hydrogen) atoms. The molecule has 2 aromatic carbocycles. The van der Waals surface area contributed by atoms with Crippen LogP contribution >= 0.6 is 11.8 Å². The molecule has 0 saturated carbocycles. The van der Waals surface area contributed by atoms with E-state index in [1.165, 1.54) is 11.8 Å². The van der Waals surface area contributed by atoms with Gasteiger partial charge in [-0.1, -0.05) is 30.0 Å². The number of para-hydroxylation sites is 1. The summed E-state index contributed by atoms with van der Waals surface area (Å²) in [6.07, 6.45) is 1.89. The summed E-state index contributed by atoms with van der Waals surface area (Å²) in [7, 11) is 0. The fourth-order valence-corrected chi connectivity index (χ4v) is 4.93. The second kappa shape index (κ2) is 9.44. The zero-order chi connectivity index (χ0) is 22.8. The highest BCUT2D eigenvalue weighted by Crippen LogP contribution is 2.32. The second-order valence-corrected chi connectivity index (χ2v) is 9.44. The Morgan fingerprint density at radius 1 is 1.24 bits per heavy atom. The molecule has 0 bridgehead atoms. The lowest BCUT2D eigenvalue weighted by molar-refractivity contribution is -0.120. The van der Waals surface area contributed by atoms with Crippen LogP contribution in [0.15, 0.2) is 52.4 Å². The molecule has 0 radical (unpaired) electrons. The van der Waals surface area contributed by atoms with Gasteiger partial charge < -0.3 is 19.5 Å². The lowest BCUT2D eigenvalue weighted by Crippen LogP contribution is -2.33. The molecule has 0 spiro atoms. The number of nitrogens with zero attached hydrogens (tertiary/aromatic N) is 2. The predicted octanol–water partition coefficient (Wildman–Crippen LogP) is 3.10. The number of fused-ring (bicyclic) bond motifs is 2. The summed E-state index contributed by atoms with van der Waals surface area (Å²) in [5.41, 5.74) is 1.44. The first-order valence-electron chi connectivity index (χ1n) is 11.0. The maximum atomic E-state index is 13.2. The van der Waals surface area contributed by atoms with Crippen molar-refractivity contribution in [3.8, 4) is 11.5 Å². The summed E-state index contributed by atoms with van der Waals surface area (Å²) >= 11 is 1.29. The van der Waals surface area contributed by atoms with Crippen LogP contribution in [0, 0.1) is 0 Å². The van der Waals surface area contributed by atoms with Crippen molar-refractivity contribution in [2.45, 2.75) is 49.4 Å². The fraction of sp³-hybridized carbons (Fsp3) is 0.375. The largest absolute Gasteiger partial charge is 0.454 e. The number of hydrogen-bond donors (Lipinski definition) is 1. The number of nitrogens with one attached hydrogen (secondary N) is 1. The number of thioether (sulfide) groups is 1. The number of hydrogen-bond acceptors (Lipinski definition) is 7. The first-order valence-corrected chi connectivity index (χ1v) is 11.9. The highest BCUT2D eigenvalue weighted by Gasteiger charge is 2.23. The Morgan fingerprint density at radius 2 is 2.09 bits per heavy atom. The molecule has 1 fully saturated rings. The van der Waals surface area contributed by atoms with Gasteiger partial charge in [-0.15, -0.1) is 0 Å². The minimum absolute atomic E-state index is 0.0137. The van der Waals surface area contributed by atoms with Crippen LogP contribution in [0.1, 0.15) is 25.3 Å². The molecule has 172 valence electrons. The summed E-state index contributed by atoms with van der Waals surface area (Å²) in [6.45, 7) is 3.54. The molecule has 1 N–H and O–H groups in total. The van der Waals surface area contributed by atoms with Gasteiger partial charge >= 0.3 is 0 Å². The van der Waals surface area contributed by atoms with Gasteiger partial charge in [0.2, 0.25) is 12.7 Å². The van der Waals surface area contributed by atoms with Gasteiger partial charge in [0.15, 0.2) is 16.7 Å². The van der Waals surface area contributed by atoms with Crippen molar-refractivity contribution in [3.05, 3.63) is 58.4 Å². The van der Waals surface area contributed by atoms with Crippen LogP contribution in [-0.2, 0) is 22.6 Å². The molecule has 1 saturated heterocycles. The van der Waals surface area contributed by atoms with E-state index >= 15 is 0 Å². The van der Waals surface area contributed by atoms with Crippen LogP contribution in [0.4, 0.5) is 0 Å².